The highest BCUT2D eigenvalue weighted by molar-refractivity contribution is 7.12. The lowest BCUT2D eigenvalue weighted by Crippen LogP contribution is -2.52. The second-order valence-corrected chi connectivity index (χ2v) is 7.58. The van der Waals surface area contributed by atoms with E-state index < -0.39 is 6.04 Å². The molecule has 4 rings (SSSR count). The first-order valence-corrected chi connectivity index (χ1v) is 8.93. The lowest BCUT2D eigenvalue weighted by Gasteiger charge is -2.29. The number of carbonyl (C=O) groups is 3. The molecule has 1 aromatic heterocycles. The van der Waals surface area contributed by atoms with E-state index in [1.165, 1.54) is 4.88 Å². The Morgan fingerprint density at radius 3 is 2.61 bits per heavy atom. The molecule has 3 aliphatic rings. The van der Waals surface area contributed by atoms with Crippen molar-refractivity contribution in [3.05, 3.63) is 21.4 Å². The second kappa shape index (κ2) is 5.72. The molecule has 0 aliphatic carbocycles. The van der Waals surface area contributed by atoms with Gasteiger partial charge in [-0.15, -0.1) is 11.3 Å². The van der Waals surface area contributed by atoms with Gasteiger partial charge in [0.25, 0.3) is 5.91 Å². The number of fused-ring (bicyclic) bond motifs is 1. The van der Waals surface area contributed by atoms with Crippen molar-refractivity contribution in [3.63, 3.8) is 0 Å². The van der Waals surface area contributed by atoms with Crippen molar-refractivity contribution in [2.24, 2.45) is 0 Å². The molecule has 1 unspecified atom stereocenters. The summed E-state index contributed by atoms with van der Waals surface area (Å²) >= 11 is 1.71. The van der Waals surface area contributed by atoms with Gasteiger partial charge in [0.15, 0.2) is 0 Å². The van der Waals surface area contributed by atoms with E-state index in [9.17, 15) is 14.4 Å². The molecule has 0 aromatic carbocycles. The Morgan fingerprint density at radius 1 is 1.13 bits per heavy atom. The zero-order valence-electron chi connectivity index (χ0n) is 12.8. The van der Waals surface area contributed by atoms with Crippen LogP contribution >= 0.6 is 11.3 Å². The molecule has 7 heteroatoms. The first-order chi connectivity index (χ1) is 11.1. The van der Waals surface area contributed by atoms with Crippen LogP contribution in [0.15, 0.2) is 6.07 Å². The lowest BCUT2D eigenvalue weighted by molar-refractivity contribution is -0.136. The number of imide groups is 1. The molecule has 122 valence electrons. The van der Waals surface area contributed by atoms with Crippen LogP contribution in [-0.4, -0.2) is 41.8 Å². The Bertz CT molecular complexity index is 678. The summed E-state index contributed by atoms with van der Waals surface area (Å²) in [6, 6.07) is 1.52. The highest BCUT2D eigenvalue weighted by Gasteiger charge is 2.40. The van der Waals surface area contributed by atoms with E-state index in [1.54, 1.807) is 16.2 Å². The molecule has 23 heavy (non-hydrogen) atoms. The Balaban J connectivity index is 1.52. The van der Waals surface area contributed by atoms with Crippen LogP contribution in [0.5, 0.6) is 0 Å². The van der Waals surface area contributed by atoms with Gasteiger partial charge in [0.1, 0.15) is 6.04 Å². The summed E-state index contributed by atoms with van der Waals surface area (Å²) in [5, 5.41) is 5.69. The van der Waals surface area contributed by atoms with Gasteiger partial charge in [0.05, 0.1) is 12.1 Å². The topological polar surface area (TPSA) is 78.5 Å². The van der Waals surface area contributed by atoms with Crippen LogP contribution in [0.3, 0.4) is 0 Å². The Hall–Kier alpha value is -1.73. The molecule has 3 amide bonds. The minimum Gasteiger partial charge on any atom is -0.321 e. The van der Waals surface area contributed by atoms with Crippen molar-refractivity contribution in [3.8, 4) is 0 Å². The summed E-state index contributed by atoms with van der Waals surface area (Å²) in [5.74, 6) is -0.112. The maximum absolute atomic E-state index is 12.7. The van der Waals surface area contributed by atoms with E-state index in [0.717, 1.165) is 36.4 Å². The highest BCUT2D eigenvalue weighted by atomic mass is 32.1. The number of carbonyl (C=O) groups excluding carboxylic acids is 3. The van der Waals surface area contributed by atoms with Crippen LogP contribution in [0.1, 0.15) is 51.7 Å². The van der Waals surface area contributed by atoms with Crippen molar-refractivity contribution in [1.29, 1.82) is 0 Å². The van der Waals surface area contributed by atoms with Crippen molar-refractivity contribution in [2.45, 2.75) is 44.2 Å². The van der Waals surface area contributed by atoms with E-state index >= 15 is 0 Å². The van der Waals surface area contributed by atoms with Crippen LogP contribution in [0.25, 0.3) is 0 Å². The monoisotopic (exact) mass is 333 g/mol. The fourth-order valence-electron chi connectivity index (χ4n) is 3.67. The Morgan fingerprint density at radius 2 is 1.91 bits per heavy atom. The number of amides is 3. The van der Waals surface area contributed by atoms with Gasteiger partial charge >= 0.3 is 0 Å². The molecule has 4 heterocycles. The molecule has 1 atom stereocenters. The summed E-state index contributed by atoms with van der Waals surface area (Å²) in [7, 11) is 0. The van der Waals surface area contributed by atoms with E-state index in [1.807, 2.05) is 6.07 Å². The predicted octanol–water partition coefficient (Wildman–Crippen LogP) is 0.976. The summed E-state index contributed by atoms with van der Waals surface area (Å²) in [6.45, 7) is 2.56. The van der Waals surface area contributed by atoms with Crippen LogP contribution in [0.2, 0.25) is 0 Å². The number of hydrogen-bond acceptors (Lipinski definition) is 5. The van der Waals surface area contributed by atoms with Crippen LogP contribution in [0.4, 0.5) is 0 Å². The smallest absolute Gasteiger partial charge is 0.256 e. The maximum Gasteiger partial charge on any atom is 0.256 e. The average Bonchev–Trinajstić information content (AvgIpc) is 3.09. The summed E-state index contributed by atoms with van der Waals surface area (Å²) in [5.41, 5.74) is 0.758. The van der Waals surface area contributed by atoms with Crippen LogP contribution < -0.4 is 10.6 Å². The number of nitrogens with zero attached hydrogens (tertiary/aromatic N) is 1. The van der Waals surface area contributed by atoms with Crippen LogP contribution in [-0.2, 0) is 16.1 Å². The molecular formula is C16H19N3O3S. The zero-order chi connectivity index (χ0) is 16.0. The quantitative estimate of drug-likeness (QED) is 0.791. The number of thiophene rings is 1. The van der Waals surface area contributed by atoms with E-state index in [0.29, 0.717) is 25.3 Å². The van der Waals surface area contributed by atoms with Gasteiger partial charge in [0, 0.05) is 16.2 Å². The number of rotatable bonds is 2. The molecule has 2 fully saturated rings. The Labute approximate surface area is 138 Å². The summed E-state index contributed by atoms with van der Waals surface area (Å²) in [4.78, 5) is 39.9. The third-order valence-corrected chi connectivity index (χ3v) is 6.24. The molecule has 1 aromatic rings. The molecule has 2 saturated heterocycles. The van der Waals surface area contributed by atoms with Gasteiger partial charge in [-0.05, 0) is 44.3 Å². The lowest BCUT2D eigenvalue weighted by atomic mass is 9.96. The largest absolute Gasteiger partial charge is 0.321 e. The fraction of sp³-hybridized carbons (Fsp3) is 0.562. The first-order valence-electron chi connectivity index (χ1n) is 8.11. The number of piperidine rings is 2. The highest BCUT2D eigenvalue weighted by Crippen LogP contribution is 2.38. The zero-order valence-corrected chi connectivity index (χ0v) is 13.6. The fourth-order valence-corrected chi connectivity index (χ4v) is 4.99. The minimum absolute atomic E-state index is 0.0640. The van der Waals surface area contributed by atoms with Gasteiger partial charge in [-0.3, -0.25) is 19.7 Å². The van der Waals surface area contributed by atoms with Crippen molar-refractivity contribution < 1.29 is 14.4 Å². The van der Waals surface area contributed by atoms with Crippen molar-refractivity contribution in [1.82, 2.24) is 15.5 Å². The van der Waals surface area contributed by atoms with Crippen molar-refractivity contribution in [2.75, 3.05) is 13.1 Å². The third-order valence-electron chi connectivity index (χ3n) is 4.96. The van der Waals surface area contributed by atoms with E-state index in [2.05, 4.69) is 10.6 Å². The van der Waals surface area contributed by atoms with E-state index in [-0.39, 0.29) is 17.7 Å². The molecule has 6 nitrogen and oxygen atoms in total. The normalized spacial score (nSPS) is 25.7. The van der Waals surface area contributed by atoms with Gasteiger partial charge in [0.2, 0.25) is 11.8 Å². The molecule has 2 N–H and O–H groups in total. The summed E-state index contributed by atoms with van der Waals surface area (Å²) in [6.07, 6.45) is 2.95. The maximum atomic E-state index is 12.7. The number of hydrogen-bond donors (Lipinski definition) is 2. The van der Waals surface area contributed by atoms with Gasteiger partial charge in [-0.25, -0.2) is 0 Å². The molecule has 0 radical (unpaired) electrons. The predicted molar refractivity (Wildman–Crippen MR) is 85.2 cm³/mol. The molecular weight excluding hydrogens is 314 g/mol. The average molecular weight is 333 g/mol. The molecule has 3 aliphatic heterocycles. The third kappa shape index (κ3) is 2.57. The SMILES string of the molecule is O=C1CCC(N2Cc3sc(C4CCNCC4)cc3C2=O)C(=O)N1. The molecule has 0 saturated carbocycles. The number of nitrogens with one attached hydrogen (secondary N) is 2. The van der Waals surface area contributed by atoms with Gasteiger partial charge in [-0.1, -0.05) is 0 Å². The first kappa shape index (κ1) is 14.8. The van der Waals surface area contributed by atoms with Gasteiger partial charge < -0.3 is 10.2 Å². The van der Waals surface area contributed by atoms with Crippen LogP contribution in [0, 0.1) is 0 Å². The molecule has 0 bridgehead atoms. The Kier molecular flexibility index (Phi) is 3.69. The van der Waals surface area contributed by atoms with Gasteiger partial charge in [-0.2, -0.15) is 0 Å². The minimum atomic E-state index is -0.512. The van der Waals surface area contributed by atoms with E-state index in [4.69, 9.17) is 0 Å². The van der Waals surface area contributed by atoms with Crippen molar-refractivity contribution >= 4 is 29.1 Å². The molecule has 0 spiro atoms. The second-order valence-electron chi connectivity index (χ2n) is 6.41. The standard InChI is InChI=1S/C16H19N3O3S/c20-14-2-1-11(15(21)18-14)19-8-13-10(16(19)22)7-12(23-13)9-3-5-17-6-4-9/h7,9,11,17H,1-6,8H2,(H,18,20,21). The summed E-state index contributed by atoms with van der Waals surface area (Å²) < 4.78 is 0.